The van der Waals surface area contributed by atoms with Gasteiger partial charge in [0, 0.05) is 12.7 Å². The van der Waals surface area contributed by atoms with Crippen molar-refractivity contribution in [2.45, 2.75) is 6.18 Å². The van der Waals surface area contributed by atoms with E-state index < -0.39 is 29.1 Å². The van der Waals surface area contributed by atoms with Crippen LogP contribution in [0, 0.1) is 0 Å². The van der Waals surface area contributed by atoms with Gasteiger partial charge in [-0.3, -0.25) is 9.69 Å². The second-order valence-electron chi connectivity index (χ2n) is 4.67. The predicted molar refractivity (Wildman–Crippen MR) is 78.3 cm³/mol. The molecule has 0 aliphatic carbocycles. The molecule has 1 aromatic carbocycles. The summed E-state index contributed by atoms with van der Waals surface area (Å²) in [5.41, 5.74) is -2.64. The van der Waals surface area contributed by atoms with Crippen molar-refractivity contribution in [2.75, 3.05) is 19.1 Å². The van der Waals surface area contributed by atoms with Crippen molar-refractivity contribution in [1.82, 2.24) is 4.98 Å². The number of H-pyrrole nitrogens is 1. The minimum Gasteiger partial charge on any atom is -0.452 e. The Kier molecular flexibility index (Phi) is 4.44. The van der Waals surface area contributed by atoms with Gasteiger partial charge in [0.15, 0.2) is 0 Å². The number of hydrogen-bond donors (Lipinski definition) is 1. The second kappa shape index (κ2) is 6.15. The molecule has 0 unspecified atom stereocenters. The number of carbonyl (C=O) groups is 1. The summed E-state index contributed by atoms with van der Waals surface area (Å²) in [6.45, 7) is 0. The lowest BCUT2D eigenvalue weighted by molar-refractivity contribution is -0.137. The molecule has 0 saturated heterocycles. The molecule has 0 fully saturated rings. The van der Waals surface area contributed by atoms with Crippen LogP contribution in [-0.2, 0) is 10.9 Å². The Morgan fingerprint density at radius 2 is 1.83 bits per heavy atom. The molecule has 0 aliphatic heterocycles. The number of carbonyl (C=O) groups excluding carboxylic acids is 1. The zero-order valence-electron chi connectivity index (χ0n) is 12.3. The molecule has 2 aromatic rings. The summed E-state index contributed by atoms with van der Waals surface area (Å²) in [6, 6.07) is 8.90. The molecule has 0 bridgehead atoms. The van der Waals surface area contributed by atoms with E-state index >= 15 is 0 Å². The summed E-state index contributed by atoms with van der Waals surface area (Å²) in [4.78, 5) is 26.5. The molecule has 1 heterocycles. The van der Waals surface area contributed by atoms with E-state index in [0.29, 0.717) is 10.5 Å². The molecule has 0 atom stereocenters. The van der Waals surface area contributed by atoms with Gasteiger partial charge in [0.25, 0.3) is 5.56 Å². The van der Waals surface area contributed by atoms with Gasteiger partial charge in [-0.1, -0.05) is 30.3 Å². The summed E-state index contributed by atoms with van der Waals surface area (Å²) in [5, 5.41) is 0. The van der Waals surface area contributed by atoms with Crippen LogP contribution in [0.4, 0.5) is 23.7 Å². The number of benzene rings is 1. The lowest BCUT2D eigenvalue weighted by Gasteiger charge is -2.20. The summed E-state index contributed by atoms with van der Waals surface area (Å²) in [6.07, 6.45) is -5.89. The van der Waals surface area contributed by atoms with Crippen LogP contribution in [0.15, 0.2) is 41.2 Å². The van der Waals surface area contributed by atoms with Crippen LogP contribution >= 0.6 is 0 Å². The molecule has 0 radical (unpaired) electrons. The van der Waals surface area contributed by atoms with Gasteiger partial charge in [0.05, 0.1) is 12.7 Å². The van der Waals surface area contributed by atoms with Crippen molar-refractivity contribution in [3.05, 3.63) is 52.3 Å². The van der Waals surface area contributed by atoms with E-state index in [4.69, 9.17) is 0 Å². The fourth-order valence-corrected chi connectivity index (χ4v) is 2.10. The van der Waals surface area contributed by atoms with Crippen LogP contribution in [0.3, 0.4) is 0 Å². The molecular formula is C15H13F3N2O3. The highest BCUT2D eigenvalue weighted by atomic mass is 19.4. The summed E-state index contributed by atoms with van der Waals surface area (Å²) in [5.74, 6) is 0. The van der Waals surface area contributed by atoms with Crippen molar-refractivity contribution in [2.24, 2.45) is 0 Å². The van der Waals surface area contributed by atoms with Gasteiger partial charge < -0.3 is 9.72 Å². The first kappa shape index (κ1) is 16.6. The maximum Gasteiger partial charge on any atom is 0.418 e. The number of nitrogens with zero attached hydrogens (tertiary/aromatic N) is 1. The highest BCUT2D eigenvalue weighted by Crippen LogP contribution is 2.36. The summed E-state index contributed by atoms with van der Waals surface area (Å²) < 4.78 is 44.3. The number of halogens is 3. The fraction of sp³-hybridized carbons (Fsp3) is 0.200. The van der Waals surface area contributed by atoms with Crippen LogP contribution in [0.1, 0.15) is 5.56 Å². The number of rotatable bonds is 2. The Balaban J connectivity index is 2.70. The van der Waals surface area contributed by atoms with Crippen LogP contribution in [0.5, 0.6) is 0 Å². The minimum atomic E-state index is -4.81. The fourth-order valence-electron chi connectivity index (χ4n) is 2.10. The molecule has 8 heteroatoms. The van der Waals surface area contributed by atoms with E-state index in [2.05, 4.69) is 9.72 Å². The predicted octanol–water partition coefficient (Wildman–Crippen LogP) is 3.26. The zero-order valence-corrected chi connectivity index (χ0v) is 12.3. The molecule has 122 valence electrons. The first-order valence-corrected chi connectivity index (χ1v) is 6.47. The van der Waals surface area contributed by atoms with Gasteiger partial charge in [-0.25, -0.2) is 4.79 Å². The van der Waals surface area contributed by atoms with Gasteiger partial charge >= 0.3 is 12.3 Å². The largest absolute Gasteiger partial charge is 0.452 e. The third-order valence-electron chi connectivity index (χ3n) is 3.18. The van der Waals surface area contributed by atoms with Crippen molar-refractivity contribution >= 4 is 11.8 Å². The van der Waals surface area contributed by atoms with Crippen LogP contribution < -0.4 is 10.5 Å². The number of aromatic amines is 1. The molecule has 1 N–H and O–H groups in total. The number of methoxy groups -OCH3 is 1. The number of pyridine rings is 1. The lowest BCUT2D eigenvalue weighted by atomic mass is 10.1. The SMILES string of the molecule is COC(=O)N(C)c1c(C(F)(F)F)cc(-c2ccccc2)[nH]c1=O. The third kappa shape index (κ3) is 3.36. The van der Waals surface area contributed by atoms with E-state index in [0.717, 1.165) is 20.2 Å². The Bertz CT molecular complexity index is 770. The molecule has 0 aliphatic rings. The second-order valence-corrected chi connectivity index (χ2v) is 4.67. The molecular weight excluding hydrogens is 313 g/mol. The maximum atomic E-state index is 13.3. The van der Waals surface area contributed by atoms with Gasteiger partial charge in [0.1, 0.15) is 5.69 Å². The van der Waals surface area contributed by atoms with Gasteiger partial charge in [-0.2, -0.15) is 13.2 Å². The van der Waals surface area contributed by atoms with Crippen molar-refractivity contribution < 1.29 is 22.7 Å². The van der Waals surface area contributed by atoms with E-state index in [1.807, 2.05) is 0 Å². The summed E-state index contributed by atoms with van der Waals surface area (Å²) in [7, 11) is 2.05. The molecule has 1 amide bonds. The minimum absolute atomic E-state index is 0.00457. The van der Waals surface area contributed by atoms with Crippen LogP contribution in [0.2, 0.25) is 0 Å². The zero-order chi connectivity index (χ0) is 17.2. The molecule has 2 rings (SSSR count). The van der Waals surface area contributed by atoms with Gasteiger partial charge in [-0.15, -0.1) is 0 Å². The smallest absolute Gasteiger partial charge is 0.418 e. The lowest BCUT2D eigenvalue weighted by Crippen LogP contribution is -2.34. The Hall–Kier alpha value is -2.77. The number of nitrogens with one attached hydrogen (secondary N) is 1. The number of ether oxygens (including phenoxy) is 1. The van der Waals surface area contributed by atoms with E-state index in [1.165, 1.54) is 0 Å². The normalized spacial score (nSPS) is 11.2. The Morgan fingerprint density at radius 1 is 1.22 bits per heavy atom. The molecule has 1 aromatic heterocycles. The first-order valence-electron chi connectivity index (χ1n) is 6.47. The molecule has 23 heavy (non-hydrogen) atoms. The van der Waals surface area contributed by atoms with E-state index in [9.17, 15) is 22.8 Å². The van der Waals surface area contributed by atoms with Crippen molar-refractivity contribution in [3.63, 3.8) is 0 Å². The average Bonchev–Trinajstić information content (AvgIpc) is 2.52. The van der Waals surface area contributed by atoms with Crippen molar-refractivity contribution in [1.29, 1.82) is 0 Å². The highest BCUT2D eigenvalue weighted by molar-refractivity contribution is 5.88. The van der Waals surface area contributed by atoms with Crippen LogP contribution in [-0.4, -0.2) is 25.2 Å². The Labute approximate surface area is 129 Å². The number of alkyl halides is 3. The molecule has 0 spiro atoms. The van der Waals surface area contributed by atoms with Gasteiger partial charge in [-0.05, 0) is 11.6 Å². The average molecular weight is 326 g/mol. The quantitative estimate of drug-likeness (QED) is 0.921. The standard InChI is InChI=1S/C15H13F3N2O3/c1-20(14(22)23-2)12-10(15(16,17)18)8-11(19-13(12)21)9-6-4-3-5-7-9/h3-8H,1-2H3,(H,19,21). The molecule has 0 saturated carbocycles. The number of amides is 1. The summed E-state index contributed by atoms with van der Waals surface area (Å²) >= 11 is 0. The first-order chi connectivity index (χ1) is 10.8. The monoisotopic (exact) mass is 326 g/mol. The van der Waals surface area contributed by atoms with Crippen LogP contribution in [0.25, 0.3) is 11.3 Å². The number of anilines is 1. The molecule has 5 nitrogen and oxygen atoms in total. The highest BCUT2D eigenvalue weighted by Gasteiger charge is 2.38. The van der Waals surface area contributed by atoms with E-state index in [1.54, 1.807) is 30.3 Å². The maximum absolute atomic E-state index is 13.3. The number of aromatic nitrogens is 1. The Morgan fingerprint density at radius 3 is 2.35 bits per heavy atom. The third-order valence-corrected chi connectivity index (χ3v) is 3.18. The van der Waals surface area contributed by atoms with Crippen molar-refractivity contribution in [3.8, 4) is 11.3 Å². The number of hydrogen-bond acceptors (Lipinski definition) is 3. The van der Waals surface area contributed by atoms with Gasteiger partial charge in [0.2, 0.25) is 0 Å². The van der Waals surface area contributed by atoms with E-state index in [-0.39, 0.29) is 5.69 Å². The topological polar surface area (TPSA) is 62.4 Å².